The fourth-order valence-electron chi connectivity index (χ4n) is 2.05. The summed E-state index contributed by atoms with van der Waals surface area (Å²) < 4.78 is 0. The van der Waals surface area contributed by atoms with Crippen molar-refractivity contribution < 1.29 is 0 Å². The maximum atomic E-state index is 4.01. The summed E-state index contributed by atoms with van der Waals surface area (Å²) in [7, 11) is 0. The summed E-state index contributed by atoms with van der Waals surface area (Å²) in [5.74, 6) is 0. The molecule has 0 aromatic carbocycles. The van der Waals surface area contributed by atoms with E-state index in [1.165, 1.54) is 19.4 Å². The van der Waals surface area contributed by atoms with E-state index in [1.54, 1.807) is 0 Å². The van der Waals surface area contributed by atoms with Crippen molar-refractivity contribution in [3.63, 3.8) is 0 Å². The molecule has 1 unspecified atom stereocenters. The molecule has 2 N–H and O–H groups in total. The summed E-state index contributed by atoms with van der Waals surface area (Å²) in [5, 5.41) is 6.93. The van der Waals surface area contributed by atoms with Crippen molar-refractivity contribution in [1.82, 2.24) is 10.3 Å². The Hall–Kier alpha value is -1.09. The van der Waals surface area contributed by atoms with Crippen LogP contribution in [0.15, 0.2) is 24.5 Å². The zero-order valence-electron chi connectivity index (χ0n) is 9.29. The quantitative estimate of drug-likeness (QED) is 0.791. The van der Waals surface area contributed by atoms with Crippen LogP contribution < -0.4 is 10.6 Å². The predicted molar refractivity (Wildman–Crippen MR) is 62.9 cm³/mol. The number of nitrogens with one attached hydrogen (secondary N) is 2. The van der Waals surface area contributed by atoms with Crippen LogP contribution in [-0.4, -0.2) is 24.6 Å². The van der Waals surface area contributed by atoms with Gasteiger partial charge in [-0.2, -0.15) is 0 Å². The third kappa shape index (κ3) is 2.93. The first-order valence-electron chi connectivity index (χ1n) is 5.63. The molecule has 0 radical (unpaired) electrons. The average Bonchev–Trinajstić information content (AvgIpc) is 2.29. The molecular formula is C12H19N3. The number of hydrogen-bond acceptors (Lipinski definition) is 3. The third-order valence-corrected chi connectivity index (χ3v) is 3.09. The monoisotopic (exact) mass is 205 g/mol. The highest BCUT2D eigenvalue weighted by molar-refractivity contribution is 5.40. The summed E-state index contributed by atoms with van der Waals surface area (Å²) in [6.45, 7) is 5.66. The van der Waals surface area contributed by atoms with Crippen molar-refractivity contribution >= 4 is 5.69 Å². The average molecular weight is 205 g/mol. The van der Waals surface area contributed by atoms with Crippen molar-refractivity contribution in [3.8, 4) is 0 Å². The summed E-state index contributed by atoms with van der Waals surface area (Å²) >= 11 is 0. The lowest BCUT2D eigenvalue weighted by atomic mass is 9.83. The van der Waals surface area contributed by atoms with Crippen LogP contribution >= 0.6 is 0 Å². The van der Waals surface area contributed by atoms with Gasteiger partial charge in [0.25, 0.3) is 0 Å². The first kappa shape index (κ1) is 10.4. The van der Waals surface area contributed by atoms with Crippen molar-refractivity contribution in [2.45, 2.75) is 19.8 Å². The molecular weight excluding hydrogens is 186 g/mol. The molecule has 0 saturated carbocycles. The van der Waals surface area contributed by atoms with Gasteiger partial charge in [-0.15, -0.1) is 0 Å². The van der Waals surface area contributed by atoms with Crippen molar-refractivity contribution in [2.24, 2.45) is 5.41 Å². The second kappa shape index (κ2) is 4.62. The van der Waals surface area contributed by atoms with Crippen LogP contribution in [0.2, 0.25) is 0 Å². The molecule has 1 aromatic heterocycles. The summed E-state index contributed by atoms with van der Waals surface area (Å²) in [5.41, 5.74) is 1.55. The Kier molecular flexibility index (Phi) is 3.21. The molecule has 1 aliphatic rings. The normalized spacial score (nSPS) is 26.2. The standard InChI is InChI=1S/C12H19N3/c1-12(5-2-6-14-9-12)10-15-11-3-7-13-8-4-11/h3-4,7-8,14H,2,5-6,9-10H2,1H3,(H,13,15). The Balaban J connectivity index is 1.87. The van der Waals surface area contributed by atoms with Crippen LogP contribution in [0.25, 0.3) is 0 Å². The molecule has 82 valence electrons. The topological polar surface area (TPSA) is 37.0 Å². The van der Waals surface area contributed by atoms with Gasteiger partial charge >= 0.3 is 0 Å². The van der Waals surface area contributed by atoms with Gasteiger partial charge in [0.1, 0.15) is 0 Å². The fraction of sp³-hybridized carbons (Fsp3) is 0.583. The minimum atomic E-state index is 0.390. The zero-order chi connectivity index (χ0) is 10.6. The second-order valence-electron chi connectivity index (χ2n) is 4.68. The van der Waals surface area contributed by atoms with E-state index in [0.29, 0.717) is 5.41 Å². The molecule has 0 bridgehead atoms. The highest BCUT2D eigenvalue weighted by atomic mass is 14.9. The van der Waals surface area contributed by atoms with Crippen LogP contribution in [-0.2, 0) is 0 Å². The van der Waals surface area contributed by atoms with Gasteiger partial charge in [0.05, 0.1) is 0 Å². The van der Waals surface area contributed by atoms with Gasteiger partial charge in [-0.3, -0.25) is 4.98 Å². The first-order valence-corrected chi connectivity index (χ1v) is 5.63. The van der Waals surface area contributed by atoms with E-state index in [9.17, 15) is 0 Å². The van der Waals surface area contributed by atoms with Crippen molar-refractivity contribution in [1.29, 1.82) is 0 Å². The summed E-state index contributed by atoms with van der Waals surface area (Å²) in [4.78, 5) is 4.01. The molecule has 0 aliphatic carbocycles. The van der Waals surface area contributed by atoms with E-state index in [4.69, 9.17) is 0 Å². The van der Waals surface area contributed by atoms with Gasteiger partial charge in [-0.1, -0.05) is 6.92 Å². The van der Waals surface area contributed by atoms with Crippen LogP contribution in [0, 0.1) is 5.41 Å². The molecule has 3 heteroatoms. The van der Waals surface area contributed by atoms with Crippen LogP contribution in [0.5, 0.6) is 0 Å². The Bertz CT molecular complexity index is 291. The van der Waals surface area contributed by atoms with Crippen LogP contribution in [0.4, 0.5) is 5.69 Å². The molecule has 1 fully saturated rings. The molecule has 0 amide bonds. The lowest BCUT2D eigenvalue weighted by Crippen LogP contribution is -2.42. The lowest BCUT2D eigenvalue weighted by Gasteiger charge is -2.34. The third-order valence-electron chi connectivity index (χ3n) is 3.09. The summed E-state index contributed by atoms with van der Waals surface area (Å²) in [6, 6.07) is 4.03. The first-order chi connectivity index (χ1) is 7.29. The molecule has 1 aliphatic heterocycles. The maximum Gasteiger partial charge on any atom is 0.0371 e. The number of hydrogen-bond donors (Lipinski definition) is 2. The lowest BCUT2D eigenvalue weighted by molar-refractivity contribution is 0.253. The van der Waals surface area contributed by atoms with E-state index in [0.717, 1.165) is 18.8 Å². The molecule has 0 spiro atoms. The highest BCUT2D eigenvalue weighted by Gasteiger charge is 2.26. The van der Waals surface area contributed by atoms with Gasteiger partial charge in [-0.25, -0.2) is 0 Å². The van der Waals surface area contributed by atoms with Crippen LogP contribution in [0.3, 0.4) is 0 Å². The fourth-order valence-corrected chi connectivity index (χ4v) is 2.05. The summed E-state index contributed by atoms with van der Waals surface area (Å²) in [6.07, 6.45) is 6.24. The Morgan fingerprint density at radius 2 is 2.27 bits per heavy atom. The number of anilines is 1. The van der Waals surface area contributed by atoms with Crippen LogP contribution in [0.1, 0.15) is 19.8 Å². The zero-order valence-corrected chi connectivity index (χ0v) is 9.29. The minimum Gasteiger partial charge on any atom is -0.384 e. The van der Waals surface area contributed by atoms with E-state index < -0.39 is 0 Å². The Labute approximate surface area is 91.3 Å². The number of rotatable bonds is 3. The predicted octanol–water partition coefficient (Wildman–Crippen LogP) is 1.88. The van der Waals surface area contributed by atoms with E-state index in [1.807, 2.05) is 24.5 Å². The maximum absolute atomic E-state index is 4.01. The molecule has 1 saturated heterocycles. The molecule has 2 heterocycles. The smallest absolute Gasteiger partial charge is 0.0371 e. The number of pyridine rings is 1. The van der Waals surface area contributed by atoms with Gasteiger partial charge in [0.15, 0.2) is 0 Å². The Morgan fingerprint density at radius 1 is 1.47 bits per heavy atom. The van der Waals surface area contributed by atoms with Crippen molar-refractivity contribution in [3.05, 3.63) is 24.5 Å². The number of nitrogens with zero attached hydrogens (tertiary/aromatic N) is 1. The SMILES string of the molecule is CC1(CNc2ccncc2)CCCNC1. The molecule has 3 nitrogen and oxygen atoms in total. The number of piperidine rings is 1. The molecule has 15 heavy (non-hydrogen) atoms. The van der Waals surface area contributed by atoms with E-state index >= 15 is 0 Å². The second-order valence-corrected chi connectivity index (χ2v) is 4.68. The van der Waals surface area contributed by atoms with E-state index in [2.05, 4.69) is 22.5 Å². The molecule has 1 atom stereocenters. The number of aromatic nitrogens is 1. The van der Waals surface area contributed by atoms with Gasteiger partial charge < -0.3 is 10.6 Å². The van der Waals surface area contributed by atoms with Crippen molar-refractivity contribution in [2.75, 3.05) is 25.0 Å². The van der Waals surface area contributed by atoms with E-state index in [-0.39, 0.29) is 0 Å². The largest absolute Gasteiger partial charge is 0.384 e. The van der Waals surface area contributed by atoms with Gasteiger partial charge in [-0.05, 0) is 36.9 Å². The van der Waals surface area contributed by atoms with Gasteiger partial charge in [0.2, 0.25) is 0 Å². The molecule has 2 rings (SSSR count). The minimum absolute atomic E-state index is 0.390. The highest BCUT2D eigenvalue weighted by Crippen LogP contribution is 2.25. The van der Waals surface area contributed by atoms with Gasteiger partial charge in [0, 0.05) is 31.2 Å². The Morgan fingerprint density at radius 3 is 2.93 bits per heavy atom. The molecule has 1 aromatic rings.